The van der Waals surface area contributed by atoms with Crippen molar-refractivity contribution in [2.45, 2.75) is 13.1 Å². The molecule has 24 heavy (non-hydrogen) atoms. The highest BCUT2D eigenvalue weighted by molar-refractivity contribution is 7.84. The number of benzene rings is 1. The van der Waals surface area contributed by atoms with E-state index >= 15 is 0 Å². The maximum Gasteiger partial charge on any atom is 0.266 e. The van der Waals surface area contributed by atoms with Crippen molar-refractivity contribution in [1.82, 2.24) is 5.32 Å². The quantitative estimate of drug-likeness (QED) is 0.836. The predicted molar refractivity (Wildman–Crippen MR) is 91.3 cm³/mol. The van der Waals surface area contributed by atoms with Gasteiger partial charge in [-0.25, -0.2) is 0 Å². The number of furan rings is 1. The fourth-order valence-corrected chi connectivity index (χ4v) is 2.87. The van der Waals surface area contributed by atoms with Crippen LogP contribution in [-0.2, 0) is 4.79 Å². The Morgan fingerprint density at radius 3 is 2.71 bits per heavy atom. The van der Waals surface area contributed by atoms with E-state index in [4.69, 9.17) is 9.15 Å². The van der Waals surface area contributed by atoms with Crippen molar-refractivity contribution in [2.75, 3.05) is 11.5 Å². The number of nitrogens with one attached hydrogen (secondary N) is 1. The Bertz CT molecular complexity index is 807. The molecule has 0 aliphatic carbocycles. The van der Waals surface area contributed by atoms with Crippen LogP contribution < -0.4 is 15.0 Å². The minimum atomic E-state index is -0.588. The molecule has 1 aliphatic rings. The van der Waals surface area contributed by atoms with E-state index in [1.54, 1.807) is 17.0 Å². The van der Waals surface area contributed by atoms with Gasteiger partial charge in [-0.15, -0.1) is 12.6 Å². The summed E-state index contributed by atoms with van der Waals surface area (Å²) < 4.78 is 10.9. The average molecular weight is 341 g/mol. The Hall–Kier alpha value is -2.85. The Labute approximate surface area is 144 Å². The van der Waals surface area contributed by atoms with Crippen LogP contribution in [0.1, 0.15) is 18.8 Å². The van der Waals surface area contributed by atoms with E-state index in [9.17, 15) is 10.1 Å². The van der Waals surface area contributed by atoms with Crippen molar-refractivity contribution >= 4 is 24.2 Å². The van der Waals surface area contributed by atoms with Crippen molar-refractivity contribution < 1.29 is 13.9 Å². The number of nitrogens with zero attached hydrogens (tertiary/aromatic N) is 2. The summed E-state index contributed by atoms with van der Waals surface area (Å²) >= 11 is 4.41. The van der Waals surface area contributed by atoms with Gasteiger partial charge in [0.1, 0.15) is 23.2 Å². The molecule has 0 saturated carbocycles. The van der Waals surface area contributed by atoms with E-state index < -0.39 is 12.1 Å². The number of carbonyl (C=O) groups is 1. The summed E-state index contributed by atoms with van der Waals surface area (Å²) in [7, 11) is 0. The fourth-order valence-electron chi connectivity index (χ4n) is 2.49. The molecular formula is C17H15N3O3S. The SMILES string of the molecule is CCOc1ccc(N2C(S)=C(C#N)C(=O)N[C@@H]2c2ccco2)cc1. The third-order valence-corrected chi connectivity index (χ3v) is 3.99. The first-order valence-electron chi connectivity index (χ1n) is 7.35. The molecule has 2 aromatic rings. The molecule has 0 bridgehead atoms. The number of thiol groups is 1. The summed E-state index contributed by atoms with van der Waals surface area (Å²) in [4.78, 5) is 13.9. The van der Waals surface area contributed by atoms with Crippen LogP contribution in [-0.4, -0.2) is 12.5 Å². The molecule has 0 fully saturated rings. The lowest BCUT2D eigenvalue weighted by molar-refractivity contribution is -0.118. The summed E-state index contributed by atoms with van der Waals surface area (Å²) in [6, 6.07) is 12.7. The van der Waals surface area contributed by atoms with Crippen molar-refractivity contribution in [2.24, 2.45) is 0 Å². The molecule has 0 spiro atoms. The van der Waals surface area contributed by atoms with Gasteiger partial charge in [0, 0.05) is 5.69 Å². The smallest absolute Gasteiger partial charge is 0.266 e. The summed E-state index contributed by atoms with van der Waals surface area (Å²) in [6.45, 7) is 2.49. The van der Waals surface area contributed by atoms with E-state index in [-0.39, 0.29) is 10.6 Å². The van der Waals surface area contributed by atoms with Crippen molar-refractivity contribution in [1.29, 1.82) is 5.26 Å². The Morgan fingerprint density at radius 2 is 2.12 bits per heavy atom. The number of ether oxygens (including phenoxy) is 1. The molecule has 1 aromatic heterocycles. The second-order valence-corrected chi connectivity index (χ2v) is 5.42. The topological polar surface area (TPSA) is 78.5 Å². The molecule has 1 aromatic carbocycles. The summed E-state index contributed by atoms with van der Waals surface area (Å²) in [5.74, 6) is 0.800. The van der Waals surface area contributed by atoms with Gasteiger partial charge in [-0.05, 0) is 43.3 Å². The number of nitriles is 1. The molecular weight excluding hydrogens is 326 g/mol. The van der Waals surface area contributed by atoms with E-state index in [0.29, 0.717) is 12.4 Å². The normalized spacial score (nSPS) is 17.5. The van der Waals surface area contributed by atoms with E-state index in [2.05, 4.69) is 17.9 Å². The first kappa shape index (κ1) is 16.0. The van der Waals surface area contributed by atoms with Crippen molar-refractivity contribution in [3.8, 4) is 11.8 Å². The van der Waals surface area contributed by atoms with E-state index in [1.165, 1.54) is 6.26 Å². The zero-order valence-electron chi connectivity index (χ0n) is 12.9. The molecule has 6 nitrogen and oxygen atoms in total. The van der Waals surface area contributed by atoms with Gasteiger partial charge in [-0.3, -0.25) is 4.79 Å². The Morgan fingerprint density at radius 1 is 1.38 bits per heavy atom. The minimum Gasteiger partial charge on any atom is -0.494 e. The highest BCUT2D eigenvalue weighted by Crippen LogP contribution is 2.36. The van der Waals surface area contributed by atoms with E-state index in [1.807, 2.05) is 37.3 Å². The summed E-state index contributed by atoms with van der Waals surface area (Å²) in [5.41, 5.74) is 0.702. The summed E-state index contributed by atoms with van der Waals surface area (Å²) in [6.07, 6.45) is 0.939. The van der Waals surface area contributed by atoms with Crippen LogP contribution in [0.25, 0.3) is 0 Å². The van der Waals surface area contributed by atoms with Gasteiger partial charge in [0.15, 0.2) is 6.17 Å². The van der Waals surface area contributed by atoms with Crippen LogP contribution in [0.5, 0.6) is 5.75 Å². The molecule has 2 heterocycles. The van der Waals surface area contributed by atoms with Crippen molar-refractivity contribution in [3.05, 3.63) is 59.0 Å². The molecule has 0 saturated heterocycles. The molecule has 1 aliphatic heterocycles. The standard InChI is InChI=1S/C17H15N3O3S/c1-2-22-12-7-5-11(6-8-12)20-15(14-4-3-9-23-14)19-16(21)13(10-18)17(20)24/h3-9,15,24H,2H2,1H3,(H,19,21)/t15-/m0/s1. The van der Waals surface area contributed by atoms with Crippen LogP contribution in [0, 0.1) is 11.3 Å². The van der Waals surface area contributed by atoms with Gasteiger partial charge in [-0.1, -0.05) is 0 Å². The minimum absolute atomic E-state index is 0.0463. The zero-order valence-corrected chi connectivity index (χ0v) is 13.8. The van der Waals surface area contributed by atoms with Crippen LogP contribution in [0.15, 0.2) is 57.7 Å². The van der Waals surface area contributed by atoms with Gasteiger partial charge < -0.3 is 19.4 Å². The molecule has 3 rings (SSSR count). The number of rotatable bonds is 4. The van der Waals surface area contributed by atoms with Gasteiger partial charge in [-0.2, -0.15) is 5.26 Å². The van der Waals surface area contributed by atoms with Crippen LogP contribution in [0.4, 0.5) is 5.69 Å². The van der Waals surface area contributed by atoms with Crippen LogP contribution >= 0.6 is 12.6 Å². The fraction of sp³-hybridized carbons (Fsp3) is 0.176. The molecule has 1 amide bonds. The molecule has 1 atom stereocenters. The van der Waals surface area contributed by atoms with E-state index in [0.717, 1.165) is 11.4 Å². The van der Waals surface area contributed by atoms with Crippen LogP contribution in [0.3, 0.4) is 0 Å². The first-order valence-corrected chi connectivity index (χ1v) is 7.80. The number of anilines is 1. The zero-order chi connectivity index (χ0) is 17.1. The average Bonchev–Trinajstić information content (AvgIpc) is 3.10. The second kappa shape index (κ2) is 6.72. The lowest BCUT2D eigenvalue weighted by Gasteiger charge is -2.36. The maximum atomic E-state index is 12.1. The Kier molecular flexibility index (Phi) is 4.49. The third-order valence-electron chi connectivity index (χ3n) is 3.56. The largest absolute Gasteiger partial charge is 0.494 e. The second-order valence-electron chi connectivity index (χ2n) is 5.00. The monoisotopic (exact) mass is 341 g/mol. The molecule has 0 unspecified atom stereocenters. The number of hydrogen-bond donors (Lipinski definition) is 2. The first-order chi connectivity index (χ1) is 11.7. The highest BCUT2D eigenvalue weighted by Gasteiger charge is 2.35. The lowest BCUT2D eigenvalue weighted by atomic mass is 10.1. The highest BCUT2D eigenvalue weighted by atomic mass is 32.1. The number of hydrogen-bond acceptors (Lipinski definition) is 6. The molecule has 1 N–H and O–H groups in total. The lowest BCUT2D eigenvalue weighted by Crippen LogP contribution is -2.45. The predicted octanol–water partition coefficient (Wildman–Crippen LogP) is 2.98. The van der Waals surface area contributed by atoms with Gasteiger partial charge in [0.25, 0.3) is 5.91 Å². The van der Waals surface area contributed by atoms with Gasteiger partial charge >= 0.3 is 0 Å². The van der Waals surface area contributed by atoms with Gasteiger partial charge in [0.2, 0.25) is 0 Å². The molecule has 122 valence electrons. The molecule has 0 radical (unpaired) electrons. The third kappa shape index (κ3) is 2.84. The number of carbonyl (C=O) groups excluding carboxylic acids is 1. The Balaban J connectivity index is 2.06. The van der Waals surface area contributed by atoms with Crippen molar-refractivity contribution in [3.63, 3.8) is 0 Å². The maximum absolute atomic E-state index is 12.1. The van der Waals surface area contributed by atoms with Crippen LogP contribution in [0.2, 0.25) is 0 Å². The number of amides is 1. The van der Waals surface area contributed by atoms with Gasteiger partial charge in [0.05, 0.1) is 17.9 Å². The summed E-state index contributed by atoms with van der Waals surface area (Å²) in [5, 5.41) is 12.3. The molecule has 7 heteroatoms.